The number of unbranched alkanes of at least 4 members (excludes halogenated alkanes) is 1. The van der Waals surface area contributed by atoms with Crippen LogP contribution in [-0.4, -0.2) is 58.1 Å². The summed E-state index contributed by atoms with van der Waals surface area (Å²) in [6.07, 6.45) is 9.94. The van der Waals surface area contributed by atoms with E-state index in [0.29, 0.717) is 44.3 Å². The van der Waals surface area contributed by atoms with Crippen LogP contribution in [0, 0.1) is 0 Å². The molecule has 0 unspecified atom stereocenters. The molecule has 1 heterocycles. The standard InChI is InChI=1S/C18H25N3O5/c19-10-4-3-6-14(18(25)26)20-13-9-8-12-5-1-2-7-15(12)21(17(13)24)11-16(22)23/h1-2,7-8,13-14,20H,3-6,9-11,19H2,(H,22,23)(H,25,26)/t13-,14-/m0/s1. The third-order valence-electron chi connectivity index (χ3n) is 4.45. The Balaban J connectivity index is 2.20. The second-order valence-electron chi connectivity index (χ2n) is 6.36. The topological polar surface area (TPSA) is 133 Å². The lowest BCUT2D eigenvalue weighted by atomic mass is 10.0. The Hall–Kier alpha value is -2.45. The van der Waals surface area contributed by atoms with Gasteiger partial charge in [-0.1, -0.05) is 24.6 Å². The third-order valence-corrected chi connectivity index (χ3v) is 4.45. The summed E-state index contributed by atoms with van der Waals surface area (Å²) in [5.41, 5.74) is 6.89. The van der Waals surface area contributed by atoms with Gasteiger partial charge in [0.1, 0.15) is 12.6 Å². The smallest absolute Gasteiger partial charge is 0.323 e. The number of nitrogens with two attached hydrogens (primary N) is 1. The second-order valence-corrected chi connectivity index (χ2v) is 6.36. The fourth-order valence-electron chi connectivity index (χ4n) is 3.14. The maximum Gasteiger partial charge on any atom is 0.323 e. The summed E-state index contributed by atoms with van der Waals surface area (Å²) >= 11 is 0. The van der Waals surface area contributed by atoms with Gasteiger partial charge >= 0.3 is 11.9 Å². The van der Waals surface area contributed by atoms with Gasteiger partial charge in [-0.2, -0.15) is 0 Å². The minimum atomic E-state index is -1.12. The van der Waals surface area contributed by atoms with E-state index in [4.69, 9.17) is 5.73 Å². The molecule has 0 spiro atoms. The highest BCUT2D eigenvalue weighted by Gasteiger charge is 2.34. The average molecular weight is 363 g/mol. The van der Waals surface area contributed by atoms with E-state index < -0.39 is 36.5 Å². The SMILES string of the molecule is NCCCC[C@H](N[C@H]1CC=C2CC=CC=C2N(CC(=O)O)C1=O)C(=O)O. The Morgan fingerprint density at radius 3 is 2.77 bits per heavy atom. The Morgan fingerprint density at radius 1 is 1.35 bits per heavy atom. The first-order chi connectivity index (χ1) is 12.4. The van der Waals surface area contributed by atoms with E-state index in [1.807, 2.05) is 12.2 Å². The number of aliphatic carboxylic acids is 2. The number of carbonyl (C=O) groups excluding carboxylic acids is 1. The maximum absolute atomic E-state index is 12.9. The molecule has 0 aromatic heterocycles. The van der Waals surface area contributed by atoms with Gasteiger partial charge in [-0.15, -0.1) is 0 Å². The van der Waals surface area contributed by atoms with Gasteiger partial charge in [0.05, 0.1) is 6.04 Å². The molecule has 0 radical (unpaired) electrons. The lowest BCUT2D eigenvalue weighted by molar-refractivity contribution is -0.145. The summed E-state index contributed by atoms with van der Waals surface area (Å²) in [7, 11) is 0. The first-order valence-corrected chi connectivity index (χ1v) is 8.72. The van der Waals surface area contributed by atoms with Crippen molar-refractivity contribution >= 4 is 17.8 Å². The van der Waals surface area contributed by atoms with E-state index in [2.05, 4.69) is 5.32 Å². The van der Waals surface area contributed by atoms with Crippen molar-refractivity contribution in [1.82, 2.24) is 10.2 Å². The first-order valence-electron chi connectivity index (χ1n) is 8.72. The first kappa shape index (κ1) is 19.9. The van der Waals surface area contributed by atoms with Crippen LogP contribution in [-0.2, 0) is 14.4 Å². The summed E-state index contributed by atoms with van der Waals surface area (Å²) in [5.74, 6) is -2.58. The van der Waals surface area contributed by atoms with Gasteiger partial charge < -0.3 is 15.9 Å². The summed E-state index contributed by atoms with van der Waals surface area (Å²) in [6, 6.07) is -1.67. The van der Waals surface area contributed by atoms with Gasteiger partial charge in [-0.3, -0.25) is 24.6 Å². The predicted octanol–water partition coefficient (Wildman–Crippen LogP) is 0.614. The van der Waals surface area contributed by atoms with Gasteiger partial charge in [-0.25, -0.2) is 0 Å². The molecule has 2 rings (SSSR count). The van der Waals surface area contributed by atoms with Crippen molar-refractivity contribution in [3.05, 3.63) is 35.6 Å². The largest absolute Gasteiger partial charge is 0.480 e. The number of carboxylic acid groups (broad SMARTS) is 2. The van der Waals surface area contributed by atoms with E-state index >= 15 is 0 Å². The highest BCUT2D eigenvalue weighted by molar-refractivity contribution is 5.89. The monoisotopic (exact) mass is 363 g/mol. The van der Waals surface area contributed by atoms with E-state index in [-0.39, 0.29) is 0 Å². The number of carbonyl (C=O) groups is 3. The molecule has 0 saturated heterocycles. The van der Waals surface area contributed by atoms with Crippen molar-refractivity contribution in [2.24, 2.45) is 5.73 Å². The summed E-state index contributed by atoms with van der Waals surface area (Å²) in [5, 5.41) is 21.5. The highest BCUT2D eigenvalue weighted by Crippen LogP contribution is 2.28. The van der Waals surface area contributed by atoms with Crippen molar-refractivity contribution in [3.8, 4) is 0 Å². The molecule has 1 aliphatic heterocycles. The molecule has 8 heteroatoms. The van der Waals surface area contributed by atoms with Gasteiger partial charge in [0, 0.05) is 5.70 Å². The number of fused-ring (bicyclic) bond motifs is 1. The van der Waals surface area contributed by atoms with Crippen LogP contribution in [0.15, 0.2) is 35.6 Å². The number of carboxylic acids is 2. The molecule has 2 aliphatic rings. The minimum absolute atomic E-state index is 0.316. The van der Waals surface area contributed by atoms with Crippen molar-refractivity contribution in [2.45, 2.75) is 44.2 Å². The number of rotatable bonds is 9. The molecule has 26 heavy (non-hydrogen) atoms. The molecule has 8 nitrogen and oxygen atoms in total. The van der Waals surface area contributed by atoms with Crippen LogP contribution in [0.4, 0.5) is 0 Å². The number of hydrogen-bond acceptors (Lipinski definition) is 5. The van der Waals surface area contributed by atoms with Crippen LogP contribution < -0.4 is 11.1 Å². The van der Waals surface area contributed by atoms with E-state index in [9.17, 15) is 24.6 Å². The van der Waals surface area contributed by atoms with E-state index in [1.165, 1.54) is 4.90 Å². The number of nitrogens with one attached hydrogen (secondary N) is 1. The zero-order valence-corrected chi connectivity index (χ0v) is 14.6. The molecule has 0 bridgehead atoms. The molecular formula is C18H25N3O5. The lowest BCUT2D eigenvalue weighted by Gasteiger charge is -2.28. The quantitative estimate of drug-likeness (QED) is 0.441. The third kappa shape index (κ3) is 5.03. The second kappa shape index (κ2) is 9.30. The Kier molecular flexibility index (Phi) is 7.11. The van der Waals surface area contributed by atoms with Crippen LogP contribution >= 0.6 is 0 Å². The molecule has 2 atom stereocenters. The molecule has 0 aromatic carbocycles. The summed E-state index contributed by atoms with van der Waals surface area (Å²) < 4.78 is 0. The predicted molar refractivity (Wildman–Crippen MR) is 95.1 cm³/mol. The zero-order chi connectivity index (χ0) is 19.1. The molecule has 0 aromatic rings. The van der Waals surface area contributed by atoms with Gasteiger partial charge in [0.25, 0.3) is 0 Å². The summed E-state index contributed by atoms with van der Waals surface area (Å²) in [4.78, 5) is 36.9. The molecule has 5 N–H and O–H groups in total. The number of hydrogen-bond donors (Lipinski definition) is 4. The normalized spacial score (nSPS) is 20.7. The lowest BCUT2D eigenvalue weighted by Crippen LogP contribution is -2.52. The fourth-order valence-corrected chi connectivity index (χ4v) is 3.14. The van der Waals surface area contributed by atoms with Gasteiger partial charge in [-0.05, 0) is 43.9 Å². The molecular weight excluding hydrogens is 338 g/mol. The van der Waals surface area contributed by atoms with Gasteiger partial charge in [0.15, 0.2) is 0 Å². The van der Waals surface area contributed by atoms with Crippen LogP contribution in [0.5, 0.6) is 0 Å². The van der Waals surface area contributed by atoms with Crippen molar-refractivity contribution in [2.75, 3.05) is 13.1 Å². The maximum atomic E-state index is 12.9. The van der Waals surface area contributed by atoms with Crippen molar-refractivity contribution < 1.29 is 24.6 Å². The van der Waals surface area contributed by atoms with E-state index in [0.717, 1.165) is 5.57 Å². The molecule has 142 valence electrons. The Bertz CT molecular complexity index is 653. The Morgan fingerprint density at radius 2 is 2.12 bits per heavy atom. The highest BCUT2D eigenvalue weighted by atomic mass is 16.4. The molecule has 0 saturated carbocycles. The van der Waals surface area contributed by atoms with Crippen LogP contribution in [0.3, 0.4) is 0 Å². The van der Waals surface area contributed by atoms with Crippen molar-refractivity contribution in [1.29, 1.82) is 0 Å². The summed E-state index contributed by atoms with van der Waals surface area (Å²) in [6.45, 7) is 0.0211. The molecule has 1 amide bonds. The van der Waals surface area contributed by atoms with Gasteiger partial charge in [0.2, 0.25) is 5.91 Å². The average Bonchev–Trinajstić information content (AvgIpc) is 2.72. The fraction of sp³-hybridized carbons (Fsp3) is 0.500. The van der Waals surface area contributed by atoms with Crippen LogP contribution in [0.2, 0.25) is 0 Å². The molecule has 0 fully saturated rings. The molecule has 1 aliphatic carbocycles. The zero-order valence-electron chi connectivity index (χ0n) is 14.6. The Labute approximate surface area is 152 Å². The van der Waals surface area contributed by atoms with Crippen LogP contribution in [0.25, 0.3) is 0 Å². The number of amides is 1. The van der Waals surface area contributed by atoms with Crippen molar-refractivity contribution in [3.63, 3.8) is 0 Å². The number of nitrogens with zero attached hydrogens (tertiary/aromatic N) is 1. The van der Waals surface area contributed by atoms with Crippen LogP contribution in [0.1, 0.15) is 32.1 Å². The number of allylic oxidation sites excluding steroid dienone is 4. The van der Waals surface area contributed by atoms with E-state index in [1.54, 1.807) is 12.2 Å². The minimum Gasteiger partial charge on any atom is -0.480 e.